The van der Waals surface area contributed by atoms with Crippen molar-refractivity contribution >= 4 is 5.91 Å². The summed E-state index contributed by atoms with van der Waals surface area (Å²) in [6.45, 7) is 5.35. The average molecular weight is 356 g/mol. The Kier molecular flexibility index (Phi) is 5.67. The summed E-state index contributed by atoms with van der Waals surface area (Å²) in [6, 6.07) is 11.9. The molecule has 1 atom stereocenters. The van der Waals surface area contributed by atoms with Crippen LogP contribution in [-0.4, -0.2) is 35.0 Å². The Bertz CT molecular complexity index is 743. The summed E-state index contributed by atoms with van der Waals surface area (Å²) in [4.78, 5) is 19.5. The number of carbonyl (C=O) groups excluding carboxylic acids is 1. The molecule has 5 heteroatoms. The van der Waals surface area contributed by atoms with Crippen LogP contribution in [0.2, 0.25) is 0 Å². The van der Waals surface area contributed by atoms with Crippen molar-refractivity contribution < 1.29 is 13.9 Å². The van der Waals surface area contributed by atoms with E-state index < -0.39 is 5.41 Å². The van der Waals surface area contributed by atoms with Crippen LogP contribution in [0.5, 0.6) is 0 Å². The molecule has 3 rings (SSSR count). The van der Waals surface area contributed by atoms with Crippen LogP contribution in [0.25, 0.3) is 0 Å². The van der Waals surface area contributed by atoms with Gasteiger partial charge in [0.15, 0.2) is 0 Å². The van der Waals surface area contributed by atoms with Gasteiger partial charge in [-0.05, 0) is 56.5 Å². The fourth-order valence-electron chi connectivity index (χ4n) is 3.34. The Labute approximate surface area is 154 Å². The summed E-state index contributed by atoms with van der Waals surface area (Å²) in [5.74, 6) is -0.386. The van der Waals surface area contributed by atoms with Crippen LogP contribution >= 0.6 is 0 Å². The van der Waals surface area contributed by atoms with Crippen molar-refractivity contribution in [1.82, 2.24) is 9.88 Å². The van der Waals surface area contributed by atoms with Crippen LogP contribution in [0.4, 0.5) is 4.39 Å². The van der Waals surface area contributed by atoms with Gasteiger partial charge in [-0.25, -0.2) is 4.39 Å². The van der Waals surface area contributed by atoms with Crippen molar-refractivity contribution in [2.75, 3.05) is 13.2 Å². The second kappa shape index (κ2) is 7.96. The summed E-state index contributed by atoms with van der Waals surface area (Å²) in [5, 5.41) is 0. The van der Waals surface area contributed by atoms with Gasteiger partial charge in [-0.2, -0.15) is 0 Å². The number of amides is 1. The van der Waals surface area contributed by atoms with Crippen molar-refractivity contribution in [2.45, 2.75) is 44.8 Å². The minimum Gasteiger partial charge on any atom is -0.376 e. The van der Waals surface area contributed by atoms with Gasteiger partial charge in [0.05, 0.1) is 23.8 Å². The third-order valence-electron chi connectivity index (χ3n) is 4.90. The van der Waals surface area contributed by atoms with E-state index in [0.717, 1.165) is 25.1 Å². The lowest BCUT2D eigenvalue weighted by molar-refractivity contribution is -0.138. The van der Waals surface area contributed by atoms with Crippen LogP contribution in [0.15, 0.2) is 48.7 Å². The highest BCUT2D eigenvalue weighted by molar-refractivity contribution is 5.87. The van der Waals surface area contributed by atoms with Crippen molar-refractivity contribution in [3.05, 3.63) is 65.7 Å². The first-order valence-electron chi connectivity index (χ1n) is 9.04. The zero-order valence-electron chi connectivity index (χ0n) is 15.3. The Hall–Kier alpha value is -2.27. The Balaban J connectivity index is 1.85. The van der Waals surface area contributed by atoms with Crippen LogP contribution < -0.4 is 0 Å². The lowest BCUT2D eigenvalue weighted by Gasteiger charge is -2.33. The molecule has 0 radical (unpaired) electrons. The molecule has 1 aliphatic rings. The van der Waals surface area contributed by atoms with Crippen LogP contribution in [0, 0.1) is 5.82 Å². The summed E-state index contributed by atoms with van der Waals surface area (Å²) in [7, 11) is 0. The number of aromatic nitrogens is 1. The van der Waals surface area contributed by atoms with E-state index in [1.165, 1.54) is 12.1 Å². The van der Waals surface area contributed by atoms with E-state index in [1.54, 1.807) is 23.2 Å². The molecule has 0 saturated carbocycles. The third kappa shape index (κ3) is 4.28. The van der Waals surface area contributed by atoms with Crippen LogP contribution in [-0.2, 0) is 21.5 Å². The molecule has 1 aliphatic heterocycles. The number of ether oxygens (including phenoxy) is 1. The van der Waals surface area contributed by atoms with Gasteiger partial charge in [-0.3, -0.25) is 9.78 Å². The number of carbonyl (C=O) groups is 1. The number of halogens is 1. The van der Waals surface area contributed by atoms with E-state index in [9.17, 15) is 9.18 Å². The maximum atomic E-state index is 13.7. The van der Waals surface area contributed by atoms with Gasteiger partial charge in [-0.15, -0.1) is 0 Å². The van der Waals surface area contributed by atoms with Crippen molar-refractivity contribution in [1.29, 1.82) is 0 Å². The maximum Gasteiger partial charge on any atom is 0.233 e. The van der Waals surface area contributed by atoms with Crippen molar-refractivity contribution in [3.8, 4) is 0 Å². The zero-order chi connectivity index (χ0) is 18.6. The number of pyridine rings is 1. The van der Waals surface area contributed by atoms with E-state index in [1.807, 2.05) is 32.0 Å². The van der Waals surface area contributed by atoms with Crippen molar-refractivity contribution in [2.24, 2.45) is 0 Å². The van der Waals surface area contributed by atoms with Crippen LogP contribution in [0.3, 0.4) is 0 Å². The highest BCUT2D eigenvalue weighted by Gasteiger charge is 2.35. The number of rotatable bonds is 6. The lowest BCUT2D eigenvalue weighted by Crippen LogP contribution is -2.46. The molecule has 4 nitrogen and oxygen atoms in total. The summed E-state index contributed by atoms with van der Waals surface area (Å²) < 4.78 is 19.4. The highest BCUT2D eigenvalue weighted by atomic mass is 19.1. The molecule has 138 valence electrons. The molecule has 1 aromatic heterocycles. The van der Waals surface area contributed by atoms with Gasteiger partial charge in [-0.1, -0.05) is 18.2 Å². The number of hydrogen-bond acceptors (Lipinski definition) is 3. The van der Waals surface area contributed by atoms with E-state index in [4.69, 9.17) is 4.74 Å². The monoisotopic (exact) mass is 356 g/mol. The van der Waals surface area contributed by atoms with E-state index in [2.05, 4.69) is 4.98 Å². The number of hydrogen-bond donors (Lipinski definition) is 0. The molecule has 0 N–H and O–H groups in total. The maximum absolute atomic E-state index is 13.7. The SMILES string of the molecule is CC(C)(C(=O)N(Cc1ccccn1)CC1CCCO1)c1cccc(F)c1. The van der Waals surface area contributed by atoms with Gasteiger partial charge < -0.3 is 9.64 Å². The molecule has 0 aliphatic carbocycles. The molecule has 1 amide bonds. The average Bonchev–Trinajstić information content (AvgIpc) is 3.14. The minimum atomic E-state index is -0.838. The number of benzene rings is 1. The molecule has 0 spiro atoms. The van der Waals surface area contributed by atoms with E-state index >= 15 is 0 Å². The molecule has 2 aromatic rings. The molecule has 1 aromatic carbocycles. The minimum absolute atomic E-state index is 0.0472. The topological polar surface area (TPSA) is 42.4 Å². The Morgan fingerprint density at radius 2 is 2.15 bits per heavy atom. The molecular formula is C21H25FN2O2. The second-order valence-electron chi connectivity index (χ2n) is 7.28. The normalized spacial score (nSPS) is 17.3. The van der Waals surface area contributed by atoms with Gasteiger partial charge >= 0.3 is 0 Å². The molecule has 1 fully saturated rings. The first kappa shape index (κ1) is 18.5. The predicted molar refractivity (Wildman–Crippen MR) is 98.1 cm³/mol. The quantitative estimate of drug-likeness (QED) is 0.792. The molecule has 1 saturated heterocycles. The number of nitrogens with zero attached hydrogens (tertiary/aromatic N) is 2. The van der Waals surface area contributed by atoms with Crippen molar-refractivity contribution in [3.63, 3.8) is 0 Å². The Morgan fingerprint density at radius 3 is 2.81 bits per heavy atom. The lowest BCUT2D eigenvalue weighted by atomic mass is 9.83. The van der Waals surface area contributed by atoms with Gasteiger partial charge in [0.25, 0.3) is 0 Å². The van der Waals surface area contributed by atoms with E-state index in [-0.39, 0.29) is 17.8 Å². The first-order chi connectivity index (χ1) is 12.5. The highest BCUT2D eigenvalue weighted by Crippen LogP contribution is 2.28. The zero-order valence-corrected chi connectivity index (χ0v) is 15.3. The third-order valence-corrected chi connectivity index (χ3v) is 4.90. The standard InChI is InChI=1S/C21H25FN2O2/c1-21(2,16-7-5-8-17(22)13-16)20(25)24(15-19-10-6-12-26-19)14-18-9-3-4-11-23-18/h3-5,7-9,11,13,19H,6,10,12,14-15H2,1-2H3. The largest absolute Gasteiger partial charge is 0.376 e. The Morgan fingerprint density at radius 1 is 1.31 bits per heavy atom. The molecule has 0 bridgehead atoms. The van der Waals surface area contributed by atoms with Gasteiger partial charge in [0.2, 0.25) is 5.91 Å². The summed E-state index contributed by atoms with van der Waals surface area (Å²) in [5.41, 5.74) is 0.657. The predicted octanol–water partition coefficient (Wildman–Crippen LogP) is 3.71. The fourth-order valence-corrected chi connectivity index (χ4v) is 3.34. The fraction of sp³-hybridized carbons (Fsp3) is 0.429. The second-order valence-corrected chi connectivity index (χ2v) is 7.28. The van der Waals surface area contributed by atoms with Gasteiger partial charge in [0.1, 0.15) is 5.82 Å². The molecule has 1 unspecified atom stereocenters. The molecule has 26 heavy (non-hydrogen) atoms. The smallest absolute Gasteiger partial charge is 0.233 e. The van der Waals surface area contributed by atoms with Crippen LogP contribution in [0.1, 0.15) is 37.9 Å². The van der Waals surface area contributed by atoms with E-state index in [0.29, 0.717) is 18.7 Å². The molecular weight excluding hydrogens is 331 g/mol. The summed E-state index contributed by atoms with van der Waals surface area (Å²) >= 11 is 0. The first-order valence-corrected chi connectivity index (χ1v) is 9.04. The summed E-state index contributed by atoms with van der Waals surface area (Å²) in [6.07, 6.45) is 3.74. The van der Waals surface area contributed by atoms with Gasteiger partial charge in [0, 0.05) is 19.3 Å². The molecule has 2 heterocycles.